The van der Waals surface area contributed by atoms with Crippen LogP contribution in [0.15, 0.2) is 42.5 Å². The number of hydrogen-bond acceptors (Lipinski definition) is 4. The first-order valence-corrected chi connectivity index (χ1v) is 8.21. The second kappa shape index (κ2) is 6.41. The Balaban J connectivity index is 1.44. The Morgan fingerprint density at radius 3 is 3.08 bits per heavy atom. The van der Waals surface area contributed by atoms with Crippen LogP contribution >= 0.6 is 0 Å². The van der Waals surface area contributed by atoms with Gasteiger partial charge in [-0.05, 0) is 42.3 Å². The summed E-state index contributed by atoms with van der Waals surface area (Å²) in [5, 5.41) is 14.6. The van der Waals surface area contributed by atoms with Crippen molar-refractivity contribution in [2.24, 2.45) is 0 Å². The molecule has 2 heterocycles. The Bertz CT molecular complexity index is 886. The SMILES string of the molecule is O=C(NCCn1nnc2ccccc21)c1cccc2c1CNCC2. The molecule has 4 rings (SSSR count). The summed E-state index contributed by atoms with van der Waals surface area (Å²) in [6.07, 6.45) is 0.974. The van der Waals surface area contributed by atoms with E-state index in [2.05, 4.69) is 27.0 Å². The van der Waals surface area contributed by atoms with Crippen LogP contribution in [0.3, 0.4) is 0 Å². The molecule has 2 N–H and O–H groups in total. The van der Waals surface area contributed by atoms with E-state index in [0.29, 0.717) is 13.1 Å². The standard InChI is InChI=1S/C18H19N5O/c24-18(14-5-3-4-13-8-9-19-12-15(13)14)20-10-11-23-17-7-2-1-6-16(17)21-22-23/h1-7,19H,8-12H2,(H,20,24). The molecule has 0 saturated heterocycles. The Kier molecular flexibility index (Phi) is 3.96. The van der Waals surface area contributed by atoms with Crippen LogP contribution in [-0.4, -0.2) is 34.0 Å². The van der Waals surface area contributed by atoms with Gasteiger partial charge in [-0.15, -0.1) is 5.10 Å². The molecule has 2 aromatic carbocycles. The smallest absolute Gasteiger partial charge is 0.251 e. The minimum Gasteiger partial charge on any atom is -0.350 e. The molecular weight excluding hydrogens is 302 g/mol. The Hall–Kier alpha value is -2.73. The number of rotatable bonds is 4. The van der Waals surface area contributed by atoms with Crippen LogP contribution < -0.4 is 10.6 Å². The van der Waals surface area contributed by atoms with E-state index in [-0.39, 0.29) is 5.91 Å². The second-order valence-corrected chi connectivity index (χ2v) is 5.93. The fraction of sp³-hybridized carbons (Fsp3) is 0.278. The van der Waals surface area contributed by atoms with Gasteiger partial charge in [0.25, 0.3) is 5.91 Å². The Morgan fingerprint density at radius 2 is 2.12 bits per heavy atom. The van der Waals surface area contributed by atoms with Crippen LogP contribution in [0, 0.1) is 0 Å². The first-order chi connectivity index (χ1) is 11.8. The lowest BCUT2D eigenvalue weighted by molar-refractivity contribution is 0.0950. The van der Waals surface area contributed by atoms with Crippen LogP contribution in [0.1, 0.15) is 21.5 Å². The van der Waals surface area contributed by atoms with Crippen LogP contribution in [0.2, 0.25) is 0 Å². The molecule has 0 atom stereocenters. The minimum atomic E-state index is -0.0278. The quantitative estimate of drug-likeness (QED) is 0.764. The third kappa shape index (κ3) is 2.76. The molecule has 1 aliphatic rings. The molecule has 1 aromatic heterocycles. The zero-order valence-electron chi connectivity index (χ0n) is 13.3. The van der Waals surface area contributed by atoms with Crippen LogP contribution in [0.25, 0.3) is 11.0 Å². The molecule has 0 aliphatic carbocycles. The highest BCUT2D eigenvalue weighted by molar-refractivity contribution is 5.96. The zero-order chi connectivity index (χ0) is 16.4. The van der Waals surface area contributed by atoms with E-state index in [1.807, 2.05) is 41.1 Å². The lowest BCUT2D eigenvalue weighted by Gasteiger charge is -2.20. The molecule has 1 amide bonds. The van der Waals surface area contributed by atoms with Gasteiger partial charge in [-0.3, -0.25) is 4.79 Å². The van der Waals surface area contributed by atoms with E-state index in [4.69, 9.17) is 0 Å². The fourth-order valence-corrected chi connectivity index (χ4v) is 3.18. The molecule has 3 aromatic rings. The number of amides is 1. The van der Waals surface area contributed by atoms with Crippen molar-refractivity contribution in [3.8, 4) is 0 Å². The third-order valence-electron chi connectivity index (χ3n) is 4.42. The summed E-state index contributed by atoms with van der Waals surface area (Å²) in [6, 6.07) is 13.8. The highest BCUT2D eigenvalue weighted by atomic mass is 16.1. The van der Waals surface area contributed by atoms with Gasteiger partial charge in [-0.1, -0.05) is 29.5 Å². The molecule has 1 aliphatic heterocycles. The van der Waals surface area contributed by atoms with Gasteiger partial charge in [0.2, 0.25) is 0 Å². The molecule has 0 fully saturated rings. The predicted octanol–water partition coefficient (Wildman–Crippen LogP) is 1.51. The van der Waals surface area contributed by atoms with Gasteiger partial charge < -0.3 is 10.6 Å². The van der Waals surface area contributed by atoms with E-state index in [1.54, 1.807) is 0 Å². The number of aromatic nitrogens is 3. The predicted molar refractivity (Wildman–Crippen MR) is 91.7 cm³/mol. The third-order valence-corrected chi connectivity index (χ3v) is 4.42. The monoisotopic (exact) mass is 321 g/mol. The summed E-state index contributed by atoms with van der Waals surface area (Å²) >= 11 is 0. The Morgan fingerprint density at radius 1 is 1.21 bits per heavy atom. The number of nitrogens with zero attached hydrogens (tertiary/aromatic N) is 3. The summed E-state index contributed by atoms with van der Waals surface area (Å²) in [5.41, 5.74) is 5.00. The average Bonchev–Trinajstić information content (AvgIpc) is 3.04. The molecule has 122 valence electrons. The summed E-state index contributed by atoms with van der Waals surface area (Å²) in [5.74, 6) is -0.0278. The van der Waals surface area contributed by atoms with Crippen LogP contribution in [0.5, 0.6) is 0 Å². The molecule has 24 heavy (non-hydrogen) atoms. The van der Waals surface area contributed by atoms with E-state index < -0.39 is 0 Å². The molecular formula is C18H19N5O. The number of benzene rings is 2. The molecule has 0 radical (unpaired) electrons. The van der Waals surface area contributed by atoms with Crippen molar-refractivity contribution in [3.05, 3.63) is 59.2 Å². The van der Waals surface area contributed by atoms with Crippen molar-refractivity contribution in [3.63, 3.8) is 0 Å². The minimum absolute atomic E-state index is 0.0278. The van der Waals surface area contributed by atoms with Gasteiger partial charge in [0.1, 0.15) is 5.52 Å². The van der Waals surface area contributed by atoms with Crippen LogP contribution in [0.4, 0.5) is 0 Å². The number of nitrogens with one attached hydrogen (secondary N) is 2. The van der Waals surface area contributed by atoms with Crippen molar-refractivity contribution in [2.45, 2.75) is 19.5 Å². The molecule has 0 spiro atoms. The summed E-state index contributed by atoms with van der Waals surface area (Å²) in [4.78, 5) is 12.5. The van der Waals surface area contributed by atoms with Crippen molar-refractivity contribution in [1.82, 2.24) is 25.6 Å². The number of fused-ring (bicyclic) bond motifs is 2. The van der Waals surface area contributed by atoms with Gasteiger partial charge in [-0.2, -0.15) is 0 Å². The first-order valence-electron chi connectivity index (χ1n) is 8.21. The largest absolute Gasteiger partial charge is 0.350 e. The van der Waals surface area contributed by atoms with E-state index >= 15 is 0 Å². The van der Waals surface area contributed by atoms with E-state index in [0.717, 1.165) is 41.7 Å². The molecule has 6 heteroatoms. The average molecular weight is 321 g/mol. The summed E-state index contributed by atoms with van der Waals surface area (Å²) in [7, 11) is 0. The molecule has 6 nitrogen and oxygen atoms in total. The number of carbonyl (C=O) groups is 1. The highest BCUT2D eigenvalue weighted by Crippen LogP contribution is 2.18. The maximum atomic E-state index is 12.5. The van der Waals surface area contributed by atoms with Gasteiger partial charge in [0.15, 0.2) is 0 Å². The summed E-state index contributed by atoms with van der Waals surface area (Å²) < 4.78 is 1.82. The van der Waals surface area contributed by atoms with Crippen molar-refractivity contribution in [2.75, 3.05) is 13.1 Å². The first kappa shape index (κ1) is 14.8. The lowest BCUT2D eigenvalue weighted by atomic mass is 9.95. The topological polar surface area (TPSA) is 71.8 Å². The van der Waals surface area contributed by atoms with E-state index in [9.17, 15) is 4.79 Å². The fourth-order valence-electron chi connectivity index (χ4n) is 3.18. The van der Waals surface area contributed by atoms with Gasteiger partial charge in [-0.25, -0.2) is 4.68 Å². The molecule has 0 unspecified atom stereocenters. The van der Waals surface area contributed by atoms with E-state index in [1.165, 1.54) is 5.56 Å². The van der Waals surface area contributed by atoms with Gasteiger partial charge in [0.05, 0.1) is 12.1 Å². The maximum absolute atomic E-state index is 12.5. The summed E-state index contributed by atoms with van der Waals surface area (Å²) in [6.45, 7) is 2.84. The lowest BCUT2D eigenvalue weighted by Crippen LogP contribution is -2.31. The number of carbonyl (C=O) groups excluding carboxylic acids is 1. The number of hydrogen-bond donors (Lipinski definition) is 2. The van der Waals surface area contributed by atoms with Gasteiger partial charge >= 0.3 is 0 Å². The zero-order valence-corrected chi connectivity index (χ0v) is 13.3. The second-order valence-electron chi connectivity index (χ2n) is 5.93. The molecule has 0 saturated carbocycles. The van der Waals surface area contributed by atoms with Gasteiger partial charge in [0, 0.05) is 18.7 Å². The van der Waals surface area contributed by atoms with Crippen molar-refractivity contribution < 1.29 is 4.79 Å². The molecule has 0 bridgehead atoms. The van der Waals surface area contributed by atoms with Crippen molar-refractivity contribution >= 4 is 16.9 Å². The normalized spacial score (nSPS) is 13.7. The maximum Gasteiger partial charge on any atom is 0.251 e. The van der Waals surface area contributed by atoms with Crippen LogP contribution in [-0.2, 0) is 19.5 Å². The number of para-hydroxylation sites is 1. The Labute approximate surface area is 139 Å². The highest BCUT2D eigenvalue weighted by Gasteiger charge is 2.16. The van der Waals surface area contributed by atoms with Crippen molar-refractivity contribution in [1.29, 1.82) is 0 Å².